The Hall–Kier alpha value is -1.43. The molecule has 1 N–H and O–H groups in total. The molecule has 26 heavy (non-hydrogen) atoms. The van der Waals surface area contributed by atoms with Crippen LogP contribution in [0.25, 0.3) is 11.0 Å². The molecule has 5 heteroatoms. The van der Waals surface area contributed by atoms with E-state index < -0.39 is 0 Å². The van der Waals surface area contributed by atoms with Crippen molar-refractivity contribution < 1.29 is 5.11 Å². The average molecular weight is 359 g/mol. The Morgan fingerprint density at radius 3 is 2.77 bits per heavy atom. The molecule has 0 saturated carbocycles. The highest BCUT2D eigenvalue weighted by molar-refractivity contribution is 5.75. The fraction of sp³-hybridized carbons (Fsp3) is 0.667. The highest BCUT2D eigenvalue weighted by atomic mass is 16.3. The molecule has 5 nitrogen and oxygen atoms in total. The maximum absolute atomic E-state index is 9.51. The Bertz CT molecular complexity index is 696. The Kier molecular flexibility index (Phi) is 6.68. The lowest BCUT2D eigenvalue weighted by molar-refractivity contribution is 0.0507. The van der Waals surface area contributed by atoms with E-state index in [0.29, 0.717) is 6.04 Å². The predicted octanol–water partition coefficient (Wildman–Crippen LogP) is 2.97. The van der Waals surface area contributed by atoms with Gasteiger partial charge in [0, 0.05) is 38.8 Å². The summed E-state index contributed by atoms with van der Waals surface area (Å²) in [5.41, 5.74) is 2.32. The molecule has 1 aliphatic heterocycles. The number of nitrogens with zero attached hydrogens (tertiary/aromatic N) is 4. The van der Waals surface area contributed by atoms with E-state index in [-0.39, 0.29) is 6.61 Å². The van der Waals surface area contributed by atoms with E-state index in [1.807, 2.05) is 0 Å². The molecular weight excluding hydrogens is 324 g/mol. The molecule has 0 bridgehead atoms. The van der Waals surface area contributed by atoms with Crippen LogP contribution in [0.3, 0.4) is 0 Å². The molecule has 1 fully saturated rings. The van der Waals surface area contributed by atoms with Gasteiger partial charge in [-0.1, -0.05) is 26.0 Å². The Morgan fingerprint density at radius 1 is 1.23 bits per heavy atom. The first-order valence-corrected chi connectivity index (χ1v) is 10.1. The Morgan fingerprint density at radius 2 is 2.04 bits per heavy atom. The highest BCUT2D eigenvalue weighted by Crippen LogP contribution is 2.20. The van der Waals surface area contributed by atoms with E-state index in [1.54, 1.807) is 0 Å². The third-order valence-electron chi connectivity index (χ3n) is 5.56. The lowest BCUT2D eigenvalue weighted by Gasteiger charge is -2.41. The van der Waals surface area contributed by atoms with Crippen LogP contribution in [0.15, 0.2) is 24.3 Å². The number of para-hydroxylation sites is 2. The molecule has 1 aromatic heterocycles. The first kappa shape index (κ1) is 19.3. The minimum atomic E-state index is 0.268. The molecule has 144 valence electrons. The van der Waals surface area contributed by atoms with E-state index in [2.05, 4.69) is 59.4 Å². The zero-order valence-corrected chi connectivity index (χ0v) is 16.6. The molecule has 0 radical (unpaired) electrons. The maximum atomic E-state index is 9.51. The minimum Gasteiger partial charge on any atom is -0.396 e. The molecular formula is C21H34N4O. The fourth-order valence-electron chi connectivity index (χ4n) is 4.04. The normalized spacial score (nSPS) is 19.7. The number of benzene rings is 1. The number of aromatic nitrogens is 2. The fourth-order valence-corrected chi connectivity index (χ4v) is 4.04. The van der Waals surface area contributed by atoms with E-state index in [0.717, 1.165) is 62.9 Å². The predicted molar refractivity (Wildman–Crippen MR) is 107 cm³/mol. The lowest BCUT2D eigenvalue weighted by atomic mass is 10.1. The van der Waals surface area contributed by atoms with Gasteiger partial charge in [-0.3, -0.25) is 9.80 Å². The van der Waals surface area contributed by atoms with Crippen LogP contribution in [0.1, 0.15) is 39.4 Å². The average Bonchev–Trinajstić information content (AvgIpc) is 2.98. The number of aliphatic hydroxyl groups is 1. The number of imidazole rings is 1. The summed E-state index contributed by atoms with van der Waals surface area (Å²) in [5, 5.41) is 9.51. The monoisotopic (exact) mass is 358 g/mol. The van der Waals surface area contributed by atoms with Crippen molar-refractivity contribution in [2.75, 3.05) is 32.8 Å². The van der Waals surface area contributed by atoms with Crippen LogP contribution in [0.5, 0.6) is 0 Å². The molecule has 0 amide bonds. The van der Waals surface area contributed by atoms with Crippen LogP contribution in [-0.4, -0.2) is 63.3 Å². The standard InChI is InChI=1S/C21H34N4O/c1-4-25-20-8-6-5-7-19(20)22-21(25)16-23-12-13-24(11-9-17(2)3)18(15-23)10-14-26/h5-8,17-18,26H,4,9-16H2,1-3H3. The lowest BCUT2D eigenvalue weighted by Crippen LogP contribution is -2.53. The summed E-state index contributed by atoms with van der Waals surface area (Å²) in [6, 6.07) is 8.86. The van der Waals surface area contributed by atoms with E-state index >= 15 is 0 Å². The molecule has 1 aromatic carbocycles. The smallest absolute Gasteiger partial charge is 0.124 e. The van der Waals surface area contributed by atoms with Crippen molar-refractivity contribution in [1.29, 1.82) is 0 Å². The molecule has 2 heterocycles. The number of hydrogen-bond acceptors (Lipinski definition) is 4. The van der Waals surface area contributed by atoms with Crippen molar-refractivity contribution in [3.05, 3.63) is 30.1 Å². The van der Waals surface area contributed by atoms with Gasteiger partial charge in [0.2, 0.25) is 0 Å². The quantitative estimate of drug-likeness (QED) is 0.788. The minimum absolute atomic E-state index is 0.268. The summed E-state index contributed by atoms with van der Waals surface area (Å²) < 4.78 is 2.33. The van der Waals surface area contributed by atoms with Crippen LogP contribution in [0, 0.1) is 5.92 Å². The number of fused-ring (bicyclic) bond motifs is 1. The van der Waals surface area contributed by atoms with Gasteiger partial charge in [0.25, 0.3) is 0 Å². The van der Waals surface area contributed by atoms with Gasteiger partial charge >= 0.3 is 0 Å². The van der Waals surface area contributed by atoms with E-state index in [4.69, 9.17) is 4.98 Å². The van der Waals surface area contributed by atoms with Gasteiger partial charge in [0.05, 0.1) is 17.6 Å². The summed E-state index contributed by atoms with van der Waals surface area (Å²) >= 11 is 0. The third-order valence-corrected chi connectivity index (χ3v) is 5.56. The van der Waals surface area contributed by atoms with Crippen LogP contribution < -0.4 is 0 Å². The second-order valence-electron chi connectivity index (χ2n) is 7.88. The van der Waals surface area contributed by atoms with Gasteiger partial charge in [-0.25, -0.2) is 4.98 Å². The number of aliphatic hydroxyl groups excluding tert-OH is 1. The summed E-state index contributed by atoms with van der Waals surface area (Å²) in [4.78, 5) is 9.98. The second-order valence-corrected chi connectivity index (χ2v) is 7.88. The number of hydrogen-bond donors (Lipinski definition) is 1. The molecule has 0 spiro atoms. The number of piperazine rings is 1. The van der Waals surface area contributed by atoms with Gasteiger partial charge in [-0.15, -0.1) is 0 Å². The molecule has 0 aliphatic carbocycles. The van der Waals surface area contributed by atoms with Gasteiger partial charge in [-0.05, 0) is 44.4 Å². The SMILES string of the molecule is CCn1c(CN2CCN(CCC(C)C)C(CCO)C2)nc2ccccc21. The molecule has 1 unspecified atom stereocenters. The van der Waals surface area contributed by atoms with Crippen molar-refractivity contribution >= 4 is 11.0 Å². The molecule has 1 aliphatic rings. The Balaban J connectivity index is 1.69. The largest absolute Gasteiger partial charge is 0.396 e. The van der Waals surface area contributed by atoms with Crippen LogP contribution in [0.2, 0.25) is 0 Å². The van der Waals surface area contributed by atoms with Crippen LogP contribution in [-0.2, 0) is 13.1 Å². The van der Waals surface area contributed by atoms with Crippen molar-refractivity contribution in [3.8, 4) is 0 Å². The van der Waals surface area contributed by atoms with Crippen LogP contribution in [0.4, 0.5) is 0 Å². The van der Waals surface area contributed by atoms with Crippen molar-refractivity contribution in [2.45, 2.75) is 52.7 Å². The molecule has 2 aromatic rings. The zero-order chi connectivity index (χ0) is 18.5. The van der Waals surface area contributed by atoms with Gasteiger partial charge in [0.15, 0.2) is 0 Å². The first-order chi connectivity index (χ1) is 12.6. The maximum Gasteiger partial charge on any atom is 0.124 e. The van der Waals surface area contributed by atoms with Crippen molar-refractivity contribution in [1.82, 2.24) is 19.4 Å². The highest BCUT2D eigenvalue weighted by Gasteiger charge is 2.27. The summed E-state index contributed by atoms with van der Waals surface area (Å²) in [5.74, 6) is 1.89. The molecule has 1 saturated heterocycles. The molecule has 3 rings (SSSR count). The summed E-state index contributed by atoms with van der Waals surface area (Å²) in [6.07, 6.45) is 2.09. The van der Waals surface area contributed by atoms with Crippen molar-refractivity contribution in [2.24, 2.45) is 5.92 Å². The van der Waals surface area contributed by atoms with E-state index in [1.165, 1.54) is 11.9 Å². The van der Waals surface area contributed by atoms with Gasteiger partial charge in [-0.2, -0.15) is 0 Å². The Labute approximate surface area is 157 Å². The summed E-state index contributed by atoms with van der Waals surface area (Å²) in [7, 11) is 0. The molecule has 1 atom stereocenters. The van der Waals surface area contributed by atoms with Gasteiger partial charge in [0.1, 0.15) is 5.82 Å². The van der Waals surface area contributed by atoms with Crippen molar-refractivity contribution in [3.63, 3.8) is 0 Å². The summed E-state index contributed by atoms with van der Waals surface area (Å²) in [6.45, 7) is 13.2. The third kappa shape index (κ3) is 4.45. The number of aryl methyl sites for hydroxylation is 1. The second kappa shape index (κ2) is 8.98. The van der Waals surface area contributed by atoms with E-state index in [9.17, 15) is 5.11 Å². The van der Waals surface area contributed by atoms with Crippen LogP contribution >= 0.6 is 0 Å². The zero-order valence-electron chi connectivity index (χ0n) is 16.6. The topological polar surface area (TPSA) is 44.5 Å². The van der Waals surface area contributed by atoms with Gasteiger partial charge < -0.3 is 9.67 Å². The number of rotatable bonds is 8. The first-order valence-electron chi connectivity index (χ1n) is 10.1.